The van der Waals surface area contributed by atoms with E-state index in [0.29, 0.717) is 22.8 Å². The maximum atomic E-state index is 14.2. The van der Waals surface area contributed by atoms with Crippen LogP contribution in [0.1, 0.15) is 39.0 Å². The number of nitrogens with zero attached hydrogens (tertiary/aromatic N) is 1. The van der Waals surface area contributed by atoms with Crippen LogP contribution in [0.2, 0.25) is 0 Å². The molecule has 0 saturated carbocycles. The van der Waals surface area contributed by atoms with E-state index >= 15 is 0 Å². The number of rotatable bonds is 12. The summed E-state index contributed by atoms with van der Waals surface area (Å²) >= 11 is 0. The second kappa shape index (κ2) is 11.4. The minimum Gasteiger partial charge on any atom is -0.497 e. The van der Waals surface area contributed by atoms with E-state index in [2.05, 4.69) is 5.32 Å². The highest BCUT2D eigenvalue weighted by Crippen LogP contribution is 2.64. The molecule has 0 aliphatic rings. The fourth-order valence-electron chi connectivity index (χ4n) is 3.16. The summed E-state index contributed by atoms with van der Waals surface area (Å²) < 4.78 is 41.7. The molecule has 0 aliphatic heterocycles. The first-order valence-electron chi connectivity index (χ1n) is 10.3. The van der Waals surface area contributed by atoms with Crippen LogP contribution in [0.3, 0.4) is 0 Å². The van der Waals surface area contributed by atoms with Gasteiger partial charge in [0.05, 0.1) is 44.5 Å². The van der Waals surface area contributed by atoms with E-state index in [0.717, 1.165) is 0 Å². The lowest BCUT2D eigenvalue weighted by atomic mass is 10.1. The Kier molecular flexibility index (Phi) is 9.10. The Hall–Kier alpha value is -2.81. The van der Waals surface area contributed by atoms with Gasteiger partial charge in [-0.25, -0.2) is 0 Å². The molecule has 0 heterocycles. The Bertz CT molecular complexity index is 998. The summed E-state index contributed by atoms with van der Waals surface area (Å²) in [7, 11) is 0.442. The number of ether oxygens (including phenoxy) is 3. The molecule has 1 N–H and O–H groups in total. The van der Waals surface area contributed by atoms with Crippen LogP contribution >= 0.6 is 7.60 Å². The number of nitro benzene ring substituents is 1. The van der Waals surface area contributed by atoms with Crippen molar-refractivity contribution in [2.45, 2.75) is 45.7 Å². The first-order valence-corrected chi connectivity index (χ1v) is 11.9. The van der Waals surface area contributed by atoms with E-state index in [1.807, 2.05) is 0 Å². The molecule has 0 bridgehead atoms. The van der Waals surface area contributed by atoms with Gasteiger partial charge < -0.3 is 28.6 Å². The van der Waals surface area contributed by atoms with Gasteiger partial charge in [0.1, 0.15) is 22.9 Å². The highest BCUT2D eigenvalue weighted by molar-refractivity contribution is 7.54. The second-order valence-corrected chi connectivity index (χ2v) is 9.66. The first-order chi connectivity index (χ1) is 15.5. The van der Waals surface area contributed by atoms with Crippen molar-refractivity contribution in [1.29, 1.82) is 0 Å². The van der Waals surface area contributed by atoms with Crippen molar-refractivity contribution in [3.63, 3.8) is 0 Å². The van der Waals surface area contributed by atoms with Gasteiger partial charge in [0, 0.05) is 11.6 Å². The number of anilines is 1. The molecular formula is C22H31N2O8P. The zero-order chi connectivity index (χ0) is 24.8. The molecule has 2 aromatic carbocycles. The van der Waals surface area contributed by atoms with Crippen molar-refractivity contribution in [3.05, 3.63) is 52.1 Å². The topological polar surface area (TPSA) is 118 Å². The van der Waals surface area contributed by atoms with E-state index in [-0.39, 0.29) is 11.4 Å². The van der Waals surface area contributed by atoms with Crippen LogP contribution in [0, 0.1) is 10.1 Å². The van der Waals surface area contributed by atoms with Crippen molar-refractivity contribution in [3.8, 4) is 17.2 Å². The van der Waals surface area contributed by atoms with E-state index in [1.165, 1.54) is 33.5 Å². The minimum atomic E-state index is -3.95. The summed E-state index contributed by atoms with van der Waals surface area (Å²) in [5, 5.41) is 14.8. The fourth-order valence-corrected chi connectivity index (χ4v) is 5.48. The Morgan fingerprint density at radius 3 is 1.91 bits per heavy atom. The second-order valence-electron chi connectivity index (χ2n) is 7.64. The van der Waals surface area contributed by atoms with Crippen molar-refractivity contribution in [2.24, 2.45) is 0 Å². The molecule has 1 atom stereocenters. The van der Waals surface area contributed by atoms with Crippen LogP contribution in [0.4, 0.5) is 11.4 Å². The van der Waals surface area contributed by atoms with Gasteiger partial charge >= 0.3 is 7.60 Å². The average Bonchev–Trinajstić information content (AvgIpc) is 2.75. The molecule has 2 aromatic rings. The third-order valence-electron chi connectivity index (χ3n) is 4.46. The van der Waals surface area contributed by atoms with Crippen molar-refractivity contribution < 1.29 is 32.7 Å². The molecule has 0 aromatic heterocycles. The Labute approximate surface area is 193 Å². The largest absolute Gasteiger partial charge is 0.497 e. The predicted molar refractivity (Wildman–Crippen MR) is 126 cm³/mol. The van der Waals surface area contributed by atoms with Crippen LogP contribution in [0.5, 0.6) is 17.2 Å². The molecule has 0 saturated heterocycles. The monoisotopic (exact) mass is 482 g/mol. The molecule has 0 aliphatic carbocycles. The molecule has 2 rings (SSSR count). The molecule has 0 fully saturated rings. The van der Waals surface area contributed by atoms with Gasteiger partial charge in [-0.1, -0.05) is 0 Å². The van der Waals surface area contributed by atoms with Gasteiger partial charge in [-0.15, -0.1) is 0 Å². The summed E-state index contributed by atoms with van der Waals surface area (Å²) in [5.74, 6) is 0.0539. The quantitative estimate of drug-likeness (QED) is 0.228. The number of methoxy groups -OCH3 is 3. The maximum absolute atomic E-state index is 14.2. The van der Waals surface area contributed by atoms with Crippen LogP contribution in [0.25, 0.3) is 0 Å². The van der Waals surface area contributed by atoms with E-state index in [1.54, 1.807) is 52.0 Å². The van der Waals surface area contributed by atoms with Crippen LogP contribution in [-0.2, 0) is 13.6 Å². The van der Waals surface area contributed by atoms with Gasteiger partial charge in [0.15, 0.2) is 5.78 Å². The lowest BCUT2D eigenvalue weighted by Gasteiger charge is -2.32. The normalized spacial score (nSPS) is 12.5. The average molecular weight is 482 g/mol. The maximum Gasteiger partial charge on any atom is 0.357 e. The molecule has 182 valence electrons. The number of benzene rings is 2. The summed E-state index contributed by atoms with van der Waals surface area (Å²) in [4.78, 5) is 11.2. The smallest absolute Gasteiger partial charge is 0.357 e. The van der Waals surface area contributed by atoms with E-state index in [4.69, 9.17) is 23.3 Å². The Morgan fingerprint density at radius 1 is 0.879 bits per heavy atom. The molecular weight excluding hydrogens is 451 g/mol. The van der Waals surface area contributed by atoms with Gasteiger partial charge in [0.2, 0.25) is 0 Å². The van der Waals surface area contributed by atoms with Gasteiger partial charge in [-0.3, -0.25) is 14.7 Å². The van der Waals surface area contributed by atoms with E-state index < -0.39 is 30.5 Å². The first kappa shape index (κ1) is 26.4. The summed E-state index contributed by atoms with van der Waals surface area (Å²) in [6, 6.07) is 9.28. The molecule has 0 amide bonds. The molecule has 11 heteroatoms. The zero-order valence-electron chi connectivity index (χ0n) is 19.9. The summed E-state index contributed by atoms with van der Waals surface area (Å²) in [6.45, 7) is 6.92. The Balaban J connectivity index is 2.73. The SMILES string of the molecule is COc1ccc(C(Nc2ccc(OC)cc2[N+](=O)[O-])P(=O)(OC(C)C)OC(C)C)c(OC)c1. The van der Waals surface area contributed by atoms with Crippen molar-refractivity contribution in [1.82, 2.24) is 0 Å². The predicted octanol–water partition coefficient (Wildman–Crippen LogP) is 5.77. The minimum absolute atomic E-state index is 0.114. The summed E-state index contributed by atoms with van der Waals surface area (Å²) in [6.07, 6.45) is -0.900. The lowest BCUT2D eigenvalue weighted by Crippen LogP contribution is -2.20. The third-order valence-corrected chi connectivity index (χ3v) is 6.93. The molecule has 10 nitrogen and oxygen atoms in total. The van der Waals surface area contributed by atoms with E-state index in [9.17, 15) is 14.7 Å². The number of nitrogens with one attached hydrogen (secondary N) is 1. The molecule has 0 radical (unpaired) electrons. The van der Waals surface area contributed by atoms with Crippen LogP contribution < -0.4 is 19.5 Å². The molecule has 0 spiro atoms. The number of hydrogen-bond acceptors (Lipinski definition) is 9. The lowest BCUT2D eigenvalue weighted by molar-refractivity contribution is -0.384. The number of nitro groups is 1. The van der Waals surface area contributed by atoms with Gasteiger partial charge in [0.25, 0.3) is 5.69 Å². The highest BCUT2D eigenvalue weighted by Gasteiger charge is 2.42. The van der Waals surface area contributed by atoms with Crippen LogP contribution in [0.15, 0.2) is 36.4 Å². The third kappa shape index (κ3) is 6.60. The molecule has 1 unspecified atom stereocenters. The van der Waals surface area contributed by atoms with Crippen LogP contribution in [-0.4, -0.2) is 38.5 Å². The number of hydrogen-bond donors (Lipinski definition) is 1. The molecule has 33 heavy (non-hydrogen) atoms. The van der Waals surface area contributed by atoms with Gasteiger partial charge in [-0.2, -0.15) is 0 Å². The zero-order valence-corrected chi connectivity index (χ0v) is 20.8. The highest BCUT2D eigenvalue weighted by atomic mass is 31.2. The van der Waals surface area contributed by atoms with Crippen molar-refractivity contribution in [2.75, 3.05) is 26.6 Å². The summed E-state index contributed by atoms with van der Waals surface area (Å²) in [5.41, 5.74) is 0.282. The van der Waals surface area contributed by atoms with Gasteiger partial charge in [-0.05, 0) is 52.0 Å². The Morgan fingerprint density at radius 2 is 1.42 bits per heavy atom. The standard InChI is InChI=1S/C22H31N2O8P/c1-14(2)31-33(27,32-15(3)4)22(18-10-8-17(29-6)13-21(18)30-7)23-19-11-9-16(28-5)12-20(19)24(25)26/h8-15,22-23H,1-7H3. The van der Waals surface area contributed by atoms with Crippen molar-refractivity contribution >= 4 is 19.0 Å². The fraction of sp³-hybridized carbons (Fsp3) is 0.455.